The summed E-state index contributed by atoms with van der Waals surface area (Å²) in [4.78, 5) is 11.9. The van der Waals surface area contributed by atoms with Gasteiger partial charge in [0.15, 0.2) is 5.78 Å². The number of carbonyl (C=O) groups is 1. The number of Topliss-reactive ketones (excluding diaryl/α,β-unsaturated/α-hetero) is 1. The van der Waals surface area contributed by atoms with Crippen molar-refractivity contribution in [3.8, 4) is 5.75 Å². The Morgan fingerprint density at radius 1 is 1.30 bits per heavy atom. The maximum absolute atomic E-state index is 11.9. The van der Waals surface area contributed by atoms with Gasteiger partial charge in [-0.15, -0.1) is 0 Å². The Morgan fingerprint density at radius 2 is 1.95 bits per heavy atom. The summed E-state index contributed by atoms with van der Waals surface area (Å²) < 4.78 is 6.96. The molecule has 2 aromatic rings. The average Bonchev–Trinajstić information content (AvgIpc) is 2.65. The van der Waals surface area contributed by atoms with Gasteiger partial charge in [0.25, 0.3) is 0 Å². The minimum atomic E-state index is -0.0575. The van der Waals surface area contributed by atoms with E-state index in [-0.39, 0.29) is 18.8 Å². The summed E-state index contributed by atoms with van der Waals surface area (Å²) in [6.07, 6.45) is 0.214. The number of ether oxygens (including phenoxy) is 1. The van der Waals surface area contributed by atoms with E-state index in [9.17, 15) is 4.79 Å². The van der Waals surface area contributed by atoms with Gasteiger partial charge in [0.05, 0.1) is 5.69 Å². The van der Waals surface area contributed by atoms with E-state index >= 15 is 0 Å². The maximum Gasteiger partial charge on any atom is 0.174 e. The van der Waals surface area contributed by atoms with Gasteiger partial charge in [0, 0.05) is 24.1 Å². The van der Waals surface area contributed by atoms with Crippen molar-refractivity contribution in [2.45, 2.75) is 13.3 Å². The van der Waals surface area contributed by atoms with E-state index in [1.54, 1.807) is 36.0 Å². The number of aromatic nitrogens is 2. The molecule has 0 atom stereocenters. The van der Waals surface area contributed by atoms with Crippen LogP contribution >= 0.6 is 23.2 Å². The molecule has 0 spiro atoms. The largest absolute Gasteiger partial charge is 0.486 e. The summed E-state index contributed by atoms with van der Waals surface area (Å²) in [5.74, 6) is 0.551. The van der Waals surface area contributed by atoms with Crippen molar-refractivity contribution in [1.29, 1.82) is 0 Å². The van der Waals surface area contributed by atoms with Crippen molar-refractivity contribution in [2.24, 2.45) is 7.05 Å². The lowest BCUT2D eigenvalue weighted by atomic mass is 10.1. The van der Waals surface area contributed by atoms with Crippen LogP contribution in [0.1, 0.15) is 11.3 Å². The summed E-state index contributed by atoms with van der Waals surface area (Å²) in [7, 11) is 1.74. The molecule has 20 heavy (non-hydrogen) atoms. The number of nitrogens with zero attached hydrogens (tertiary/aromatic N) is 2. The van der Waals surface area contributed by atoms with Gasteiger partial charge in [-0.2, -0.15) is 5.10 Å². The highest BCUT2D eigenvalue weighted by Gasteiger charge is 2.15. The van der Waals surface area contributed by atoms with Gasteiger partial charge in [0.2, 0.25) is 0 Å². The summed E-state index contributed by atoms with van der Waals surface area (Å²) in [6.45, 7) is 1.82. The van der Waals surface area contributed by atoms with Crippen LogP contribution in [0.4, 0.5) is 0 Å². The Morgan fingerprint density at radius 3 is 2.50 bits per heavy atom. The van der Waals surface area contributed by atoms with Crippen LogP contribution in [-0.2, 0) is 18.3 Å². The molecule has 0 saturated heterocycles. The van der Waals surface area contributed by atoms with Gasteiger partial charge in [-0.25, -0.2) is 0 Å². The summed E-state index contributed by atoms with van der Waals surface area (Å²) in [5.41, 5.74) is 1.51. The highest BCUT2D eigenvalue weighted by atomic mass is 35.5. The fraction of sp³-hybridized carbons (Fsp3) is 0.286. The molecular formula is C14H14Cl2N2O2. The van der Waals surface area contributed by atoms with Gasteiger partial charge in [-0.3, -0.25) is 9.48 Å². The van der Waals surface area contributed by atoms with E-state index < -0.39 is 0 Å². The molecule has 2 rings (SSSR count). The third kappa shape index (κ3) is 3.52. The molecule has 0 aliphatic carbocycles. The SMILES string of the molecule is Cc1nn(C)c(Cl)c1CC(=O)COc1ccc(Cl)cc1. The van der Waals surface area contributed by atoms with Gasteiger partial charge >= 0.3 is 0 Å². The molecule has 0 aliphatic rings. The monoisotopic (exact) mass is 312 g/mol. The predicted molar refractivity (Wildman–Crippen MR) is 78.6 cm³/mol. The number of hydrogen-bond acceptors (Lipinski definition) is 3. The molecule has 0 bridgehead atoms. The van der Waals surface area contributed by atoms with Crippen LogP contribution in [0.3, 0.4) is 0 Å². The molecule has 0 fully saturated rings. The second-order valence-corrected chi connectivity index (χ2v) is 5.23. The summed E-state index contributed by atoms with van der Waals surface area (Å²) in [5, 5.41) is 5.28. The topological polar surface area (TPSA) is 44.1 Å². The van der Waals surface area contributed by atoms with Gasteiger partial charge < -0.3 is 4.74 Å². The predicted octanol–water partition coefficient (Wildman–Crippen LogP) is 3.23. The Bertz CT molecular complexity index is 621. The third-order valence-corrected chi connectivity index (χ3v) is 3.58. The molecule has 4 nitrogen and oxygen atoms in total. The van der Waals surface area contributed by atoms with Crippen LogP contribution in [0.15, 0.2) is 24.3 Å². The summed E-state index contributed by atoms with van der Waals surface area (Å²) in [6, 6.07) is 6.86. The van der Waals surface area contributed by atoms with Crippen LogP contribution in [0, 0.1) is 6.92 Å². The molecule has 0 amide bonds. The smallest absolute Gasteiger partial charge is 0.174 e. The van der Waals surface area contributed by atoms with Crippen molar-refractivity contribution in [1.82, 2.24) is 9.78 Å². The lowest BCUT2D eigenvalue weighted by Gasteiger charge is -2.05. The Balaban J connectivity index is 1.94. The van der Waals surface area contributed by atoms with Gasteiger partial charge in [-0.05, 0) is 31.2 Å². The number of rotatable bonds is 5. The number of ketones is 1. The average molecular weight is 313 g/mol. The molecule has 1 aromatic carbocycles. The van der Waals surface area contributed by atoms with E-state index in [2.05, 4.69) is 5.10 Å². The van der Waals surface area contributed by atoms with E-state index in [4.69, 9.17) is 27.9 Å². The lowest BCUT2D eigenvalue weighted by Crippen LogP contribution is -2.14. The molecule has 1 heterocycles. The normalized spacial score (nSPS) is 10.6. The first-order valence-corrected chi connectivity index (χ1v) is 6.81. The minimum Gasteiger partial charge on any atom is -0.486 e. The first kappa shape index (κ1) is 14.9. The number of hydrogen-bond donors (Lipinski definition) is 0. The Kier molecular flexibility index (Phi) is 4.68. The number of halogens is 2. The van der Waals surface area contributed by atoms with E-state index in [1.807, 2.05) is 6.92 Å². The van der Waals surface area contributed by atoms with Crippen molar-refractivity contribution in [2.75, 3.05) is 6.61 Å². The number of aryl methyl sites for hydroxylation is 2. The molecule has 106 valence electrons. The quantitative estimate of drug-likeness (QED) is 0.851. The van der Waals surface area contributed by atoms with E-state index in [0.29, 0.717) is 15.9 Å². The zero-order valence-corrected chi connectivity index (χ0v) is 12.7. The van der Waals surface area contributed by atoms with Crippen LogP contribution in [0.25, 0.3) is 0 Å². The van der Waals surface area contributed by atoms with Crippen LogP contribution in [0.5, 0.6) is 5.75 Å². The fourth-order valence-corrected chi connectivity index (χ4v) is 2.18. The molecule has 0 aliphatic heterocycles. The zero-order valence-electron chi connectivity index (χ0n) is 11.2. The lowest BCUT2D eigenvalue weighted by molar-refractivity contribution is -0.120. The van der Waals surface area contributed by atoms with Crippen LogP contribution in [0.2, 0.25) is 10.2 Å². The maximum atomic E-state index is 11.9. The molecule has 0 saturated carbocycles. The van der Waals surface area contributed by atoms with Gasteiger partial charge in [0.1, 0.15) is 17.5 Å². The zero-order chi connectivity index (χ0) is 14.7. The molecule has 1 aromatic heterocycles. The van der Waals surface area contributed by atoms with Crippen molar-refractivity contribution >= 4 is 29.0 Å². The highest BCUT2D eigenvalue weighted by Crippen LogP contribution is 2.20. The standard InChI is InChI=1S/C14H14Cl2N2O2/c1-9-13(14(16)18(2)17-9)7-11(19)8-20-12-5-3-10(15)4-6-12/h3-6H,7-8H2,1-2H3. The number of benzene rings is 1. The third-order valence-electron chi connectivity index (χ3n) is 2.86. The first-order valence-electron chi connectivity index (χ1n) is 6.05. The van der Waals surface area contributed by atoms with Crippen LogP contribution in [-0.4, -0.2) is 22.2 Å². The molecule has 6 heteroatoms. The first-order chi connectivity index (χ1) is 9.47. The van der Waals surface area contributed by atoms with Crippen molar-refractivity contribution in [3.05, 3.63) is 45.7 Å². The Hall–Kier alpha value is -1.52. The van der Waals surface area contributed by atoms with Gasteiger partial charge in [-0.1, -0.05) is 23.2 Å². The summed E-state index contributed by atoms with van der Waals surface area (Å²) >= 11 is 11.9. The highest BCUT2D eigenvalue weighted by molar-refractivity contribution is 6.30. The second kappa shape index (κ2) is 6.29. The molecule has 0 radical (unpaired) electrons. The molecule has 0 unspecified atom stereocenters. The van der Waals surface area contributed by atoms with E-state index in [1.165, 1.54) is 0 Å². The van der Waals surface area contributed by atoms with Crippen molar-refractivity contribution < 1.29 is 9.53 Å². The fourth-order valence-electron chi connectivity index (χ4n) is 1.82. The minimum absolute atomic E-state index is 0.00764. The molecule has 0 N–H and O–H groups in total. The number of carbonyl (C=O) groups excluding carboxylic acids is 1. The van der Waals surface area contributed by atoms with Crippen LogP contribution < -0.4 is 4.74 Å². The van der Waals surface area contributed by atoms with Crippen molar-refractivity contribution in [3.63, 3.8) is 0 Å². The Labute approximate surface area is 127 Å². The molecular weight excluding hydrogens is 299 g/mol. The van der Waals surface area contributed by atoms with E-state index in [0.717, 1.165) is 11.3 Å². The second-order valence-electron chi connectivity index (χ2n) is 4.44.